The summed E-state index contributed by atoms with van der Waals surface area (Å²) < 4.78 is 0. The molecule has 0 heterocycles. The number of carbonyl (C=O) groups excluding carboxylic acids is 1. The Labute approximate surface area is 93.6 Å². The summed E-state index contributed by atoms with van der Waals surface area (Å²) in [5.41, 5.74) is 0. The van der Waals surface area contributed by atoms with Gasteiger partial charge in [-0.05, 0) is 31.1 Å². The van der Waals surface area contributed by atoms with E-state index in [9.17, 15) is 4.79 Å². The highest BCUT2D eigenvalue weighted by Gasteiger charge is 2.53. The lowest BCUT2D eigenvalue weighted by molar-refractivity contribution is -0.120. The molecule has 2 unspecified atom stereocenters. The topological polar surface area (TPSA) is 17.1 Å². The van der Waals surface area contributed by atoms with Crippen molar-refractivity contribution in [2.45, 2.75) is 64.7 Å². The van der Waals surface area contributed by atoms with E-state index in [1.807, 2.05) is 0 Å². The molecule has 2 rings (SSSR count). The SMILES string of the molecule is CCCCCCC(=O)C1C2CCCCC21. The normalized spacial score (nSPS) is 33.5. The molecule has 0 spiro atoms. The predicted octanol–water partition coefficient (Wildman–Crippen LogP) is 3.96. The highest BCUT2D eigenvalue weighted by atomic mass is 16.1. The number of unbranched alkanes of at least 4 members (excludes halogenated alkanes) is 3. The molecule has 0 amide bonds. The van der Waals surface area contributed by atoms with Crippen molar-refractivity contribution in [1.29, 1.82) is 0 Å². The van der Waals surface area contributed by atoms with Crippen molar-refractivity contribution in [3.8, 4) is 0 Å². The molecule has 2 aliphatic rings. The molecule has 1 heteroatoms. The Kier molecular flexibility index (Phi) is 3.82. The first-order valence-electron chi connectivity index (χ1n) is 6.87. The van der Waals surface area contributed by atoms with Crippen LogP contribution in [0.3, 0.4) is 0 Å². The molecular weight excluding hydrogens is 184 g/mol. The van der Waals surface area contributed by atoms with E-state index in [1.165, 1.54) is 44.9 Å². The van der Waals surface area contributed by atoms with Gasteiger partial charge in [-0.15, -0.1) is 0 Å². The lowest BCUT2D eigenvalue weighted by Crippen LogP contribution is -2.02. The minimum absolute atomic E-state index is 0.508. The van der Waals surface area contributed by atoms with Gasteiger partial charge in [0.1, 0.15) is 5.78 Å². The van der Waals surface area contributed by atoms with E-state index in [-0.39, 0.29) is 0 Å². The van der Waals surface area contributed by atoms with E-state index in [2.05, 4.69) is 6.92 Å². The summed E-state index contributed by atoms with van der Waals surface area (Å²) in [5, 5.41) is 0. The lowest BCUT2D eigenvalue weighted by Gasteiger charge is -2.04. The summed E-state index contributed by atoms with van der Waals surface area (Å²) in [7, 11) is 0. The maximum absolute atomic E-state index is 11.9. The molecule has 0 bridgehead atoms. The zero-order valence-corrected chi connectivity index (χ0v) is 10.0. The molecule has 86 valence electrons. The van der Waals surface area contributed by atoms with Crippen LogP contribution in [-0.2, 0) is 4.79 Å². The summed E-state index contributed by atoms with van der Waals surface area (Å²) in [4.78, 5) is 11.9. The average molecular weight is 208 g/mol. The molecule has 0 aliphatic heterocycles. The number of hydrogen-bond acceptors (Lipinski definition) is 1. The van der Waals surface area contributed by atoms with Gasteiger partial charge in [-0.2, -0.15) is 0 Å². The van der Waals surface area contributed by atoms with Gasteiger partial charge in [0.05, 0.1) is 0 Å². The van der Waals surface area contributed by atoms with Crippen molar-refractivity contribution in [3.05, 3.63) is 0 Å². The summed E-state index contributed by atoms with van der Waals surface area (Å²) in [6.07, 6.45) is 11.3. The van der Waals surface area contributed by atoms with Crippen LogP contribution in [0.5, 0.6) is 0 Å². The van der Waals surface area contributed by atoms with Crippen molar-refractivity contribution in [2.24, 2.45) is 17.8 Å². The lowest BCUT2D eigenvalue weighted by atomic mass is 10.0. The number of rotatable bonds is 6. The van der Waals surface area contributed by atoms with E-state index in [1.54, 1.807) is 0 Å². The van der Waals surface area contributed by atoms with Crippen molar-refractivity contribution in [2.75, 3.05) is 0 Å². The molecule has 2 fully saturated rings. The first-order chi connectivity index (χ1) is 7.34. The Balaban J connectivity index is 1.64. The largest absolute Gasteiger partial charge is 0.299 e. The van der Waals surface area contributed by atoms with Crippen LogP contribution in [0.4, 0.5) is 0 Å². The smallest absolute Gasteiger partial charge is 0.136 e. The second kappa shape index (κ2) is 5.14. The minimum Gasteiger partial charge on any atom is -0.299 e. The Morgan fingerprint density at radius 1 is 1.07 bits per heavy atom. The van der Waals surface area contributed by atoms with Gasteiger partial charge in [0.2, 0.25) is 0 Å². The fourth-order valence-corrected chi connectivity index (χ4v) is 3.36. The van der Waals surface area contributed by atoms with Crippen LogP contribution in [0.15, 0.2) is 0 Å². The molecule has 0 N–H and O–H groups in total. The van der Waals surface area contributed by atoms with Gasteiger partial charge in [0.15, 0.2) is 0 Å². The summed E-state index contributed by atoms with van der Waals surface area (Å²) >= 11 is 0. The standard InChI is InChI=1S/C14H24O/c1-2-3-4-5-10-13(15)14-11-8-6-7-9-12(11)14/h11-12,14H,2-10H2,1H3. The summed E-state index contributed by atoms with van der Waals surface area (Å²) in [5.74, 6) is 2.74. The van der Waals surface area contributed by atoms with Crippen molar-refractivity contribution < 1.29 is 4.79 Å². The maximum atomic E-state index is 11.9. The fraction of sp³-hybridized carbons (Fsp3) is 0.929. The van der Waals surface area contributed by atoms with E-state index >= 15 is 0 Å². The van der Waals surface area contributed by atoms with Gasteiger partial charge in [-0.1, -0.05) is 39.0 Å². The van der Waals surface area contributed by atoms with Crippen LogP contribution in [0.2, 0.25) is 0 Å². The molecular formula is C14H24O. The molecule has 2 aliphatic carbocycles. The van der Waals surface area contributed by atoms with Crippen LogP contribution in [0.1, 0.15) is 64.7 Å². The Bertz CT molecular complexity index is 209. The third kappa shape index (κ3) is 2.62. The van der Waals surface area contributed by atoms with Crippen molar-refractivity contribution in [1.82, 2.24) is 0 Å². The molecule has 0 radical (unpaired) electrons. The zero-order chi connectivity index (χ0) is 10.7. The molecule has 0 aromatic heterocycles. The number of carbonyl (C=O) groups is 1. The third-order valence-corrected chi connectivity index (χ3v) is 4.31. The van der Waals surface area contributed by atoms with E-state index in [0.29, 0.717) is 11.7 Å². The van der Waals surface area contributed by atoms with Crippen LogP contribution in [0, 0.1) is 17.8 Å². The number of hydrogen-bond donors (Lipinski definition) is 0. The van der Waals surface area contributed by atoms with Crippen LogP contribution >= 0.6 is 0 Å². The third-order valence-electron chi connectivity index (χ3n) is 4.31. The first kappa shape index (κ1) is 11.2. The minimum atomic E-state index is 0.508. The number of ketones is 1. The molecule has 15 heavy (non-hydrogen) atoms. The monoisotopic (exact) mass is 208 g/mol. The highest BCUT2D eigenvalue weighted by Crippen LogP contribution is 2.56. The molecule has 0 saturated heterocycles. The van der Waals surface area contributed by atoms with Crippen LogP contribution < -0.4 is 0 Å². The predicted molar refractivity (Wildman–Crippen MR) is 62.7 cm³/mol. The molecule has 1 nitrogen and oxygen atoms in total. The second-order valence-electron chi connectivity index (χ2n) is 5.41. The van der Waals surface area contributed by atoms with Gasteiger partial charge in [0.25, 0.3) is 0 Å². The van der Waals surface area contributed by atoms with Gasteiger partial charge in [0, 0.05) is 12.3 Å². The van der Waals surface area contributed by atoms with Gasteiger partial charge in [-0.25, -0.2) is 0 Å². The van der Waals surface area contributed by atoms with E-state index in [4.69, 9.17) is 0 Å². The summed E-state index contributed by atoms with van der Waals surface area (Å²) in [6, 6.07) is 0. The van der Waals surface area contributed by atoms with Gasteiger partial charge < -0.3 is 0 Å². The Morgan fingerprint density at radius 2 is 1.73 bits per heavy atom. The number of Topliss-reactive ketones (excluding diaryl/α,β-unsaturated/α-hetero) is 1. The molecule has 2 atom stereocenters. The maximum Gasteiger partial charge on any atom is 0.136 e. The Hall–Kier alpha value is -0.330. The second-order valence-corrected chi connectivity index (χ2v) is 5.41. The highest BCUT2D eigenvalue weighted by molar-refractivity contribution is 5.84. The quantitative estimate of drug-likeness (QED) is 0.604. The van der Waals surface area contributed by atoms with Crippen molar-refractivity contribution in [3.63, 3.8) is 0 Å². The first-order valence-corrected chi connectivity index (χ1v) is 6.87. The summed E-state index contributed by atoms with van der Waals surface area (Å²) in [6.45, 7) is 2.22. The fourth-order valence-electron chi connectivity index (χ4n) is 3.36. The molecule has 0 aromatic rings. The zero-order valence-electron chi connectivity index (χ0n) is 10.0. The van der Waals surface area contributed by atoms with E-state index < -0.39 is 0 Å². The average Bonchev–Trinajstić information content (AvgIpc) is 2.98. The van der Waals surface area contributed by atoms with Crippen LogP contribution in [-0.4, -0.2) is 5.78 Å². The van der Waals surface area contributed by atoms with Crippen molar-refractivity contribution >= 4 is 5.78 Å². The van der Waals surface area contributed by atoms with E-state index in [0.717, 1.165) is 24.7 Å². The van der Waals surface area contributed by atoms with Gasteiger partial charge in [-0.3, -0.25) is 4.79 Å². The van der Waals surface area contributed by atoms with Gasteiger partial charge >= 0.3 is 0 Å². The molecule has 2 saturated carbocycles. The molecule has 0 aromatic carbocycles. The Morgan fingerprint density at radius 3 is 2.33 bits per heavy atom. The van der Waals surface area contributed by atoms with Crippen LogP contribution in [0.25, 0.3) is 0 Å². The number of fused-ring (bicyclic) bond motifs is 1.